The fourth-order valence-electron chi connectivity index (χ4n) is 2.25. The molecule has 2 rings (SSSR count). The van der Waals surface area contributed by atoms with Gasteiger partial charge in [-0.1, -0.05) is 13.8 Å². The number of aryl methyl sites for hydroxylation is 2. The number of nitrogens with one attached hydrogen (secondary N) is 1. The van der Waals surface area contributed by atoms with Crippen LogP contribution < -0.4 is 5.32 Å². The molecular weight excluding hydrogens is 254 g/mol. The number of nitrogens with zero attached hydrogens (tertiary/aromatic N) is 2. The Kier molecular flexibility index (Phi) is 5.16. The van der Waals surface area contributed by atoms with Gasteiger partial charge < -0.3 is 5.32 Å². The minimum atomic E-state index is 0.357. The highest BCUT2D eigenvalue weighted by Crippen LogP contribution is 2.24. The largest absolute Gasteiger partial charge is 0.308 e. The third-order valence-corrected chi connectivity index (χ3v) is 4.58. The number of rotatable bonds is 7. The third-order valence-electron chi connectivity index (χ3n) is 3.33. The van der Waals surface area contributed by atoms with E-state index in [2.05, 4.69) is 42.5 Å². The zero-order chi connectivity index (χ0) is 13.7. The van der Waals surface area contributed by atoms with Gasteiger partial charge in [0.2, 0.25) is 0 Å². The molecule has 1 N–H and O–H groups in total. The molecule has 0 fully saturated rings. The molecule has 0 amide bonds. The zero-order valence-electron chi connectivity index (χ0n) is 12.0. The molecular formula is C15H23N3S. The Morgan fingerprint density at radius 2 is 2.05 bits per heavy atom. The standard InChI is InChI=1S/C15H23N3S/c1-4-9-16-14(15-8-10-17-18(15)3)11-13-7-6-12(5-2)19-13/h6-8,10,14,16H,4-5,9,11H2,1-3H3. The van der Waals surface area contributed by atoms with Crippen LogP contribution in [-0.4, -0.2) is 16.3 Å². The quantitative estimate of drug-likeness (QED) is 0.841. The van der Waals surface area contributed by atoms with Crippen molar-refractivity contribution in [2.24, 2.45) is 7.05 Å². The summed E-state index contributed by atoms with van der Waals surface area (Å²) in [5, 5.41) is 7.92. The lowest BCUT2D eigenvalue weighted by molar-refractivity contribution is 0.496. The van der Waals surface area contributed by atoms with Crippen LogP contribution in [0.3, 0.4) is 0 Å². The van der Waals surface area contributed by atoms with Gasteiger partial charge in [0.15, 0.2) is 0 Å². The van der Waals surface area contributed by atoms with Crippen LogP contribution in [-0.2, 0) is 19.9 Å². The lowest BCUT2D eigenvalue weighted by Gasteiger charge is -2.18. The molecule has 2 aromatic rings. The van der Waals surface area contributed by atoms with Gasteiger partial charge in [-0.25, -0.2) is 0 Å². The third kappa shape index (κ3) is 3.67. The fraction of sp³-hybridized carbons (Fsp3) is 0.533. The maximum atomic E-state index is 4.29. The van der Waals surface area contributed by atoms with Gasteiger partial charge in [0.25, 0.3) is 0 Å². The first-order chi connectivity index (χ1) is 9.24. The summed E-state index contributed by atoms with van der Waals surface area (Å²) in [6.07, 6.45) is 5.20. The van der Waals surface area contributed by atoms with Crippen LogP contribution in [0, 0.1) is 0 Å². The molecule has 0 aromatic carbocycles. The minimum absolute atomic E-state index is 0.357. The summed E-state index contributed by atoms with van der Waals surface area (Å²) < 4.78 is 1.97. The summed E-state index contributed by atoms with van der Waals surface area (Å²) in [7, 11) is 2.02. The highest BCUT2D eigenvalue weighted by Gasteiger charge is 2.15. The van der Waals surface area contributed by atoms with Crippen LogP contribution in [0.4, 0.5) is 0 Å². The number of hydrogen-bond donors (Lipinski definition) is 1. The minimum Gasteiger partial charge on any atom is -0.308 e. The van der Waals surface area contributed by atoms with Crippen LogP contribution >= 0.6 is 11.3 Å². The van der Waals surface area contributed by atoms with Crippen molar-refractivity contribution in [3.8, 4) is 0 Å². The van der Waals surface area contributed by atoms with Crippen LogP contribution in [0.25, 0.3) is 0 Å². The van der Waals surface area contributed by atoms with Gasteiger partial charge in [-0.05, 0) is 37.6 Å². The van der Waals surface area contributed by atoms with Crippen molar-refractivity contribution in [3.63, 3.8) is 0 Å². The average molecular weight is 277 g/mol. The van der Waals surface area contributed by atoms with E-state index < -0.39 is 0 Å². The van der Waals surface area contributed by atoms with E-state index >= 15 is 0 Å². The van der Waals surface area contributed by atoms with Crippen molar-refractivity contribution in [2.45, 2.75) is 39.2 Å². The molecule has 0 saturated heterocycles. The molecule has 2 aromatic heterocycles. The number of hydrogen-bond acceptors (Lipinski definition) is 3. The Balaban J connectivity index is 2.11. The second kappa shape index (κ2) is 6.87. The summed E-state index contributed by atoms with van der Waals surface area (Å²) in [6.45, 7) is 5.46. The molecule has 1 atom stereocenters. The molecule has 0 bridgehead atoms. The van der Waals surface area contributed by atoms with E-state index in [1.807, 2.05) is 29.3 Å². The molecule has 0 spiro atoms. The van der Waals surface area contributed by atoms with Crippen molar-refractivity contribution in [1.82, 2.24) is 15.1 Å². The molecule has 0 aliphatic carbocycles. The van der Waals surface area contributed by atoms with Crippen molar-refractivity contribution >= 4 is 11.3 Å². The van der Waals surface area contributed by atoms with E-state index in [-0.39, 0.29) is 0 Å². The lowest BCUT2D eigenvalue weighted by Crippen LogP contribution is -2.25. The first kappa shape index (κ1) is 14.3. The molecule has 0 aliphatic rings. The molecule has 3 nitrogen and oxygen atoms in total. The van der Waals surface area contributed by atoms with E-state index in [4.69, 9.17) is 0 Å². The molecule has 2 heterocycles. The summed E-state index contributed by atoms with van der Waals surface area (Å²) in [4.78, 5) is 2.92. The predicted octanol–water partition coefficient (Wildman–Crippen LogP) is 3.33. The molecule has 19 heavy (non-hydrogen) atoms. The van der Waals surface area contributed by atoms with E-state index in [1.54, 1.807) is 0 Å². The van der Waals surface area contributed by atoms with Crippen molar-refractivity contribution in [2.75, 3.05) is 6.54 Å². The maximum Gasteiger partial charge on any atom is 0.0553 e. The SMILES string of the molecule is CCCNC(Cc1ccc(CC)s1)c1ccnn1C. The van der Waals surface area contributed by atoms with Crippen molar-refractivity contribution < 1.29 is 0 Å². The van der Waals surface area contributed by atoms with Crippen LogP contribution in [0.5, 0.6) is 0 Å². The second-order valence-electron chi connectivity index (χ2n) is 4.81. The predicted molar refractivity (Wildman–Crippen MR) is 81.6 cm³/mol. The zero-order valence-corrected chi connectivity index (χ0v) is 12.8. The van der Waals surface area contributed by atoms with Crippen LogP contribution in [0.1, 0.15) is 41.8 Å². The molecule has 104 valence electrons. The first-order valence-electron chi connectivity index (χ1n) is 7.03. The van der Waals surface area contributed by atoms with Gasteiger partial charge in [0, 0.05) is 29.4 Å². The summed E-state index contributed by atoms with van der Waals surface area (Å²) in [5.41, 5.74) is 1.26. The molecule has 0 radical (unpaired) electrons. The topological polar surface area (TPSA) is 29.9 Å². The van der Waals surface area contributed by atoms with E-state index in [0.29, 0.717) is 6.04 Å². The van der Waals surface area contributed by atoms with E-state index in [1.165, 1.54) is 15.4 Å². The van der Waals surface area contributed by atoms with Gasteiger partial charge in [-0.2, -0.15) is 5.10 Å². The first-order valence-corrected chi connectivity index (χ1v) is 7.85. The smallest absolute Gasteiger partial charge is 0.0553 e. The number of thiophene rings is 1. The molecule has 0 aliphatic heterocycles. The van der Waals surface area contributed by atoms with Crippen molar-refractivity contribution in [1.29, 1.82) is 0 Å². The van der Waals surface area contributed by atoms with Gasteiger partial charge in [-0.15, -0.1) is 11.3 Å². The summed E-state index contributed by atoms with van der Waals surface area (Å²) >= 11 is 1.93. The van der Waals surface area contributed by atoms with Gasteiger partial charge >= 0.3 is 0 Å². The highest BCUT2D eigenvalue weighted by molar-refractivity contribution is 7.11. The fourth-order valence-corrected chi connectivity index (χ4v) is 3.25. The molecule has 4 heteroatoms. The number of aromatic nitrogens is 2. The van der Waals surface area contributed by atoms with Crippen molar-refractivity contribution in [3.05, 3.63) is 39.8 Å². The van der Waals surface area contributed by atoms with Crippen LogP contribution in [0.2, 0.25) is 0 Å². The molecule has 1 unspecified atom stereocenters. The summed E-state index contributed by atoms with van der Waals surface area (Å²) in [6, 6.07) is 6.98. The van der Waals surface area contributed by atoms with Crippen LogP contribution in [0.15, 0.2) is 24.4 Å². The van der Waals surface area contributed by atoms with E-state index in [9.17, 15) is 0 Å². The second-order valence-corrected chi connectivity index (χ2v) is 6.06. The maximum absolute atomic E-state index is 4.29. The average Bonchev–Trinajstić information content (AvgIpc) is 3.03. The van der Waals surface area contributed by atoms with Gasteiger partial charge in [0.1, 0.15) is 0 Å². The lowest BCUT2D eigenvalue weighted by atomic mass is 10.1. The Hall–Kier alpha value is -1.13. The Labute approximate surface area is 119 Å². The Bertz CT molecular complexity index is 501. The Morgan fingerprint density at radius 1 is 1.26 bits per heavy atom. The monoisotopic (exact) mass is 277 g/mol. The molecule has 0 saturated carbocycles. The summed E-state index contributed by atoms with van der Waals surface area (Å²) in [5.74, 6) is 0. The van der Waals surface area contributed by atoms with Gasteiger partial charge in [-0.3, -0.25) is 4.68 Å². The van der Waals surface area contributed by atoms with Gasteiger partial charge in [0.05, 0.1) is 11.7 Å². The Morgan fingerprint density at radius 3 is 2.63 bits per heavy atom. The van der Waals surface area contributed by atoms with E-state index in [0.717, 1.165) is 25.8 Å². The normalized spacial score (nSPS) is 12.8. The highest BCUT2D eigenvalue weighted by atomic mass is 32.1.